The highest BCUT2D eigenvalue weighted by atomic mass is 16.7. The molecule has 0 unspecified atom stereocenters. The summed E-state index contributed by atoms with van der Waals surface area (Å²) in [5.41, 5.74) is 5.64. The summed E-state index contributed by atoms with van der Waals surface area (Å²) < 4.78 is 9.98. The summed E-state index contributed by atoms with van der Waals surface area (Å²) in [5.74, 6) is -1.21. The van der Waals surface area contributed by atoms with Crippen molar-refractivity contribution in [3.63, 3.8) is 0 Å². The molecule has 3 N–H and O–H groups in total. The minimum atomic E-state index is -0.556. The zero-order valence-corrected chi connectivity index (χ0v) is 25.4. The van der Waals surface area contributed by atoms with Crippen LogP contribution in [-0.2, 0) is 52.8 Å². The SMILES string of the molecule is COCCOCC(=O)NCCCCCC(=O)NCCCC(=O)ONC(=O)Cc1ccc(CCCCc2ccccc2)cc1. The van der Waals surface area contributed by atoms with Gasteiger partial charge in [0.15, 0.2) is 0 Å². The summed E-state index contributed by atoms with van der Waals surface area (Å²) in [6.07, 6.45) is 7.57. The normalized spacial score (nSPS) is 10.6. The molecule has 0 fully saturated rings. The monoisotopic (exact) mass is 597 g/mol. The number of methoxy groups -OCH3 is 1. The number of unbranched alkanes of at least 4 members (excludes halogenated alkanes) is 3. The van der Waals surface area contributed by atoms with Gasteiger partial charge < -0.3 is 24.9 Å². The Morgan fingerprint density at radius 3 is 2.00 bits per heavy atom. The summed E-state index contributed by atoms with van der Waals surface area (Å²) in [6, 6.07) is 18.4. The van der Waals surface area contributed by atoms with Crippen LogP contribution in [0.1, 0.15) is 68.1 Å². The summed E-state index contributed by atoms with van der Waals surface area (Å²) in [5, 5.41) is 5.54. The van der Waals surface area contributed by atoms with Crippen molar-refractivity contribution < 1.29 is 33.5 Å². The molecule has 2 aromatic carbocycles. The van der Waals surface area contributed by atoms with Crippen LogP contribution in [0.5, 0.6) is 0 Å². The van der Waals surface area contributed by atoms with Gasteiger partial charge in [0.1, 0.15) is 6.61 Å². The first-order chi connectivity index (χ1) is 21.0. The van der Waals surface area contributed by atoms with Gasteiger partial charge in [-0.05, 0) is 61.6 Å². The number of hydrogen-bond acceptors (Lipinski definition) is 7. The Bertz CT molecular complexity index is 1080. The lowest BCUT2D eigenvalue weighted by molar-refractivity contribution is -0.158. The Morgan fingerprint density at radius 2 is 1.28 bits per heavy atom. The molecule has 0 spiro atoms. The van der Waals surface area contributed by atoms with Crippen LogP contribution >= 0.6 is 0 Å². The Balaban J connectivity index is 1.43. The molecule has 10 heteroatoms. The maximum absolute atomic E-state index is 12.2. The fraction of sp³-hybridized carbons (Fsp3) is 0.515. The molecule has 0 radical (unpaired) electrons. The minimum Gasteiger partial charge on any atom is -0.382 e. The Morgan fingerprint density at radius 1 is 0.628 bits per heavy atom. The third-order valence-electron chi connectivity index (χ3n) is 6.64. The number of amides is 3. The Kier molecular flexibility index (Phi) is 18.8. The van der Waals surface area contributed by atoms with E-state index in [1.54, 1.807) is 7.11 Å². The highest BCUT2D eigenvalue weighted by Gasteiger charge is 2.09. The average molecular weight is 598 g/mol. The second-order valence-electron chi connectivity index (χ2n) is 10.3. The van der Waals surface area contributed by atoms with E-state index in [4.69, 9.17) is 14.3 Å². The predicted octanol–water partition coefficient (Wildman–Crippen LogP) is 3.60. The van der Waals surface area contributed by atoms with E-state index in [0.717, 1.165) is 44.1 Å². The molecule has 0 heterocycles. The van der Waals surface area contributed by atoms with E-state index in [1.165, 1.54) is 11.1 Å². The summed E-state index contributed by atoms with van der Waals surface area (Å²) in [7, 11) is 1.57. The number of aryl methyl sites for hydroxylation is 2. The lowest BCUT2D eigenvalue weighted by atomic mass is 10.0. The number of ether oxygens (including phenoxy) is 2. The summed E-state index contributed by atoms with van der Waals surface area (Å²) in [4.78, 5) is 52.5. The molecule has 236 valence electrons. The molecule has 43 heavy (non-hydrogen) atoms. The number of nitrogens with one attached hydrogen (secondary N) is 3. The quantitative estimate of drug-likeness (QED) is 0.140. The van der Waals surface area contributed by atoms with E-state index >= 15 is 0 Å². The molecule has 10 nitrogen and oxygen atoms in total. The molecule has 2 rings (SSSR count). The van der Waals surface area contributed by atoms with Crippen LogP contribution in [-0.4, -0.2) is 63.7 Å². The van der Waals surface area contributed by atoms with Gasteiger partial charge in [-0.15, -0.1) is 0 Å². The van der Waals surface area contributed by atoms with Gasteiger partial charge in [-0.25, -0.2) is 4.79 Å². The molecule has 0 atom stereocenters. The van der Waals surface area contributed by atoms with Gasteiger partial charge in [-0.3, -0.25) is 14.4 Å². The highest BCUT2D eigenvalue weighted by Crippen LogP contribution is 2.11. The number of hydrogen-bond donors (Lipinski definition) is 3. The van der Waals surface area contributed by atoms with E-state index in [2.05, 4.69) is 40.4 Å². The zero-order chi connectivity index (χ0) is 31.0. The van der Waals surface area contributed by atoms with Gasteiger partial charge in [0.05, 0.1) is 19.6 Å². The number of rotatable bonds is 22. The molecule has 0 saturated carbocycles. The van der Waals surface area contributed by atoms with Crippen LogP contribution in [0.4, 0.5) is 0 Å². The van der Waals surface area contributed by atoms with E-state index < -0.39 is 11.9 Å². The lowest BCUT2D eigenvalue weighted by Gasteiger charge is -2.08. The lowest BCUT2D eigenvalue weighted by Crippen LogP contribution is -2.29. The Hall–Kier alpha value is -3.76. The standard InChI is InChI=1S/C33H47N3O7/c1-41-23-24-42-26-32(39)35-21-9-3-6-15-30(37)34-22-10-16-33(40)43-36-31(38)25-29-19-17-28(18-20-29)14-8-7-13-27-11-4-2-5-12-27/h2,4-5,11-12,17-20H,3,6-10,13-16,21-26H2,1H3,(H,34,37)(H,35,39)(H,36,38). The molecule has 0 aromatic heterocycles. The second-order valence-corrected chi connectivity index (χ2v) is 10.3. The maximum Gasteiger partial charge on any atom is 0.332 e. The largest absolute Gasteiger partial charge is 0.382 e. The molecule has 2 aromatic rings. The van der Waals surface area contributed by atoms with Crippen LogP contribution in [0.25, 0.3) is 0 Å². The van der Waals surface area contributed by atoms with Gasteiger partial charge >= 0.3 is 5.97 Å². The molecule has 0 aliphatic heterocycles. The fourth-order valence-corrected chi connectivity index (χ4v) is 4.24. The molecule has 0 aliphatic carbocycles. The number of carbonyl (C=O) groups excluding carboxylic acids is 4. The van der Waals surface area contributed by atoms with Crippen LogP contribution < -0.4 is 16.1 Å². The van der Waals surface area contributed by atoms with Crippen molar-refractivity contribution in [3.8, 4) is 0 Å². The Labute approximate surface area is 255 Å². The predicted molar refractivity (Wildman–Crippen MR) is 164 cm³/mol. The molecule has 3 amide bonds. The second kappa shape index (κ2) is 22.8. The van der Waals surface area contributed by atoms with Gasteiger partial charge in [0.25, 0.3) is 5.91 Å². The van der Waals surface area contributed by atoms with Crippen LogP contribution in [0.3, 0.4) is 0 Å². The molecule has 0 saturated heterocycles. The third kappa shape index (κ3) is 18.4. The maximum atomic E-state index is 12.2. The summed E-state index contributed by atoms with van der Waals surface area (Å²) >= 11 is 0. The molecular weight excluding hydrogens is 550 g/mol. The third-order valence-corrected chi connectivity index (χ3v) is 6.64. The van der Waals surface area contributed by atoms with E-state index in [9.17, 15) is 19.2 Å². The first kappa shape index (κ1) is 35.4. The van der Waals surface area contributed by atoms with Gasteiger partial charge in [-0.1, -0.05) is 61.0 Å². The summed E-state index contributed by atoms with van der Waals surface area (Å²) in [6.45, 7) is 1.72. The fourth-order valence-electron chi connectivity index (χ4n) is 4.24. The van der Waals surface area contributed by atoms with Crippen molar-refractivity contribution in [1.82, 2.24) is 16.1 Å². The van der Waals surface area contributed by atoms with Gasteiger partial charge in [0.2, 0.25) is 11.8 Å². The topological polar surface area (TPSA) is 132 Å². The molecular formula is C33H47N3O7. The minimum absolute atomic E-state index is 0.0107. The molecule has 0 aliphatic rings. The number of benzene rings is 2. The smallest absolute Gasteiger partial charge is 0.332 e. The highest BCUT2D eigenvalue weighted by molar-refractivity contribution is 5.80. The zero-order valence-electron chi connectivity index (χ0n) is 25.4. The van der Waals surface area contributed by atoms with Gasteiger partial charge in [0, 0.05) is 33.0 Å². The van der Waals surface area contributed by atoms with Crippen LogP contribution in [0, 0.1) is 0 Å². The average Bonchev–Trinajstić information content (AvgIpc) is 3.01. The molecule has 0 bridgehead atoms. The number of carbonyl (C=O) groups is 4. The van der Waals surface area contributed by atoms with Crippen molar-refractivity contribution in [1.29, 1.82) is 0 Å². The van der Waals surface area contributed by atoms with Crippen LogP contribution in [0.15, 0.2) is 54.6 Å². The van der Waals surface area contributed by atoms with Crippen molar-refractivity contribution in [2.75, 3.05) is 40.0 Å². The first-order valence-corrected chi connectivity index (χ1v) is 15.2. The van der Waals surface area contributed by atoms with E-state index in [1.807, 2.05) is 30.3 Å². The van der Waals surface area contributed by atoms with Gasteiger partial charge in [-0.2, -0.15) is 5.48 Å². The van der Waals surface area contributed by atoms with E-state index in [0.29, 0.717) is 45.6 Å². The van der Waals surface area contributed by atoms with Crippen LogP contribution in [0.2, 0.25) is 0 Å². The van der Waals surface area contributed by atoms with Crippen molar-refractivity contribution >= 4 is 23.7 Å². The van der Waals surface area contributed by atoms with Crippen molar-refractivity contribution in [3.05, 3.63) is 71.3 Å². The van der Waals surface area contributed by atoms with Crippen molar-refractivity contribution in [2.24, 2.45) is 0 Å². The van der Waals surface area contributed by atoms with Crippen molar-refractivity contribution in [2.45, 2.75) is 70.6 Å². The number of hydroxylamine groups is 1. The first-order valence-electron chi connectivity index (χ1n) is 15.2. The van der Waals surface area contributed by atoms with E-state index in [-0.39, 0.29) is 31.3 Å².